The maximum Gasteiger partial charge on any atom is 0.387 e. The SMILES string of the molecule is COc1cc(/C=C/c2ncc(C(=O)O)s2)ccc1OC(F)F. The number of methoxy groups -OCH3 is 1. The standard InChI is InChI=1S/C14H11F2NO4S/c1-20-10-6-8(2-4-9(10)21-14(15)16)3-5-12-17-7-11(22-12)13(18)19/h2-7,14H,1H3,(H,18,19)/b5-3+. The molecule has 0 unspecified atom stereocenters. The lowest BCUT2D eigenvalue weighted by molar-refractivity contribution is -0.0512. The van der Waals surface area contributed by atoms with Crippen LogP contribution < -0.4 is 9.47 Å². The minimum atomic E-state index is -2.93. The molecule has 0 bridgehead atoms. The summed E-state index contributed by atoms with van der Waals surface area (Å²) < 4.78 is 33.8. The fraction of sp³-hybridized carbons (Fsp3) is 0.143. The molecule has 116 valence electrons. The summed E-state index contributed by atoms with van der Waals surface area (Å²) in [6.07, 6.45) is 4.56. The molecule has 0 fully saturated rings. The van der Waals surface area contributed by atoms with Crippen LogP contribution in [0.5, 0.6) is 11.5 Å². The predicted octanol–water partition coefficient (Wildman–Crippen LogP) is 3.62. The van der Waals surface area contributed by atoms with Gasteiger partial charge in [-0.2, -0.15) is 8.78 Å². The van der Waals surface area contributed by atoms with Crippen LogP contribution in [0.1, 0.15) is 20.2 Å². The first-order chi connectivity index (χ1) is 10.5. The number of carbonyl (C=O) groups is 1. The lowest BCUT2D eigenvalue weighted by Gasteiger charge is -2.10. The highest BCUT2D eigenvalue weighted by molar-refractivity contribution is 7.14. The summed E-state index contributed by atoms with van der Waals surface area (Å²) in [6, 6.07) is 4.47. The molecule has 0 amide bonds. The van der Waals surface area contributed by atoms with Crippen molar-refractivity contribution in [3.8, 4) is 11.5 Å². The smallest absolute Gasteiger partial charge is 0.387 e. The van der Waals surface area contributed by atoms with Gasteiger partial charge >= 0.3 is 12.6 Å². The Labute approximate surface area is 128 Å². The summed E-state index contributed by atoms with van der Waals surface area (Å²) in [5.41, 5.74) is 0.672. The number of halogens is 2. The summed E-state index contributed by atoms with van der Waals surface area (Å²) in [4.78, 5) is 14.8. The van der Waals surface area contributed by atoms with Crippen LogP contribution in [-0.4, -0.2) is 29.8 Å². The van der Waals surface area contributed by atoms with E-state index in [9.17, 15) is 13.6 Å². The van der Waals surface area contributed by atoms with Crippen molar-refractivity contribution < 1.29 is 28.2 Å². The number of carboxylic acids is 1. The highest BCUT2D eigenvalue weighted by Crippen LogP contribution is 2.30. The van der Waals surface area contributed by atoms with Gasteiger partial charge in [-0.3, -0.25) is 0 Å². The Hall–Kier alpha value is -2.48. The minimum Gasteiger partial charge on any atom is -0.493 e. The molecule has 22 heavy (non-hydrogen) atoms. The van der Waals surface area contributed by atoms with E-state index >= 15 is 0 Å². The number of hydrogen-bond donors (Lipinski definition) is 1. The van der Waals surface area contributed by atoms with Gasteiger partial charge in [-0.05, 0) is 23.8 Å². The van der Waals surface area contributed by atoms with Gasteiger partial charge in [0.15, 0.2) is 11.5 Å². The number of alkyl halides is 2. The van der Waals surface area contributed by atoms with E-state index in [1.54, 1.807) is 18.2 Å². The van der Waals surface area contributed by atoms with E-state index in [0.717, 1.165) is 11.3 Å². The molecule has 1 N–H and O–H groups in total. The van der Waals surface area contributed by atoms with Crippen LogP contribution in [0.15, 0.2) is 24.4 Å². The molecular formula is C14H11F2NO4S. The topological polar surface area (TPSA) is 68.7 Å². The zero-order valence-electron chi connectivity index (χ0n) is 11.3. The number of carboxylic acid groups (broad SMARTS) is 1. The first-order valence-electron chi connectivity index (χ1n) is 5.99. The molecule has 0 aliphatic carbocycles. The van der Waals surface area contributed by atoms with Crippen LogP contribution in [0.4, 0.5) is 8.78 Å². The molecule has 5 nitrogen and oxygen atoms in total. The molecule has 1 heterocycles. The van der Waals surface area contributed by atoms with Crippen LogP contribution >= 0.6 is 11.3 Å². The Balaban J connectivity index is 2.18. The van der Waals surface area contributed by atoms with Gasteiger partial charge in [0.05, 0.1) is 13.3 Å². The van der Waals surface area contributed by atoms with Gasteiger partial charge in [0.1, 0.15) is 9.88 Å². The number of aromatic nitrogens is 1. The van der Waals surface area contributed by atoms with Gasteiger partial charge in [-0.1, -0.05) is 12.1 Å². The van der Waals surface area contributed by atoms with Crippen molar-refractivity contribution in [1.82, 2.24) is 4.98 Å². The van der Waals surface area contributed by atoms with Crippen LogP contribution in [0.25, 0.3) is 12.2 Å². The first kappa shape index (κ1) is 15.9. The zero-order valence-corrected chi connectivity index (χ0v) is 12.1. The Kier molecular flexibility index (Phi) is 5.05. The van der Waals surface area contributed by atoms with Crippen molar-refractivity contribution in [1.29, 1.82) is 0 Å². The quantitative estimate of drug-likeness (QED) is 0.877. The third-order valence-corrected chi connectivity index (χ3v) is 3.51. The first-order valence-corrected chi connectivity index (χ1v) is 6.81. The summed E-state index contributed by atoms with van der Waals surface area (Å²) >= 11 is 1.03. The summed E-state index contributed by atoms with van der Waals surface area (Å²) in [6.45, 7) is -2.93. The molecule has 0 atom stereocenters. The number of rotatable bonds is 6. The van der Waals surface area contributed by atoms with Gasteiger partial charge in [0, 0.05) is 0 Å². The highest BCUT2D eigenvalue weighted by atomic mass is 32.1. The number of thiazole rings is 1. The highest BCUT2D eigenvalue weighted by Gasteiger charge is 2.10. The van der Waals surface area contributed by atoms with Crippen molar-refractivity contribution in [3.05, 3.63) is 39.8 Å². The molecule has 0 saturated heterocycles. The molecule has 0 spiro atoms. The third kappa shape index (κ3) is 4.01. The Morgan fingerprint density at radius 1 is 1.36 bits per heavy atom. The van der Waals surface area contributed by atoms with E-state index in [0.29, 0.717) is 10.6 Å². The molecule has 0 saturated carbocycles. The van der Waals surface area contributed by atoms with Crippen molar-refractivity contribution in [2.24, 2.45) is 0 Å². The van der Waals surface area contributed by atoms with Crippen LogP contribution in [-0.2, 0) is 0 Å². The average Bonchev–Trinajstić information content (AvgIpc) is 2.94. The lowest BCUT2D eigenvalue weighted by atomic mass is 10.2. The van der Waals surface area contributed by atoms with Crippen molar-refractivity contribution in [2.45, 2.75) is 6.61 Å². The minimum absolute atomic E-state index is 0.0583. The zero-order chi connectivity index (χ0) is 16.1. The van der Waals surface area contributed by atoms with E-state index in [1.807, 2.05) is 0 Å². The second-order valence-electron chi connectivity index (χ2n) is 3.99. The van der Waals surface area contributed by atoms with E-state index in [4.69, 9.17) is 9.84 Å². The molecule has 1 aromatic carbocycles. The number of ether oxygens (including phenoxy) is 2. The van der Waals surface area contributed by atoms with E-state index < -0.39 is 12.6 Å². The summed E-state index contributed by atoms with van der Waals surface area (Å²) in [5.74, 6) is -0.919. The second kappa shape index (κ2) is 6.99. The van der Waals surface area contributed by atoms with E-state index in [2.05, 4.69) is 9.72 Å². The van der Waals surface area contributed by atoms with Gasteiger partial charge in [0.25, 0.3) is 0 Å². The average molecular weight is 327 g/mol. The van der Waals surface area contributed by atoms with Crippen molar-refractivity contribution in [3.63, 3.8) is 0 Å². The monoisotopic (exact) mass is 327 g/mol. The third-order valence-electron chi connectivity index (χ3n) is 2.56. The van der Waals surface area contributed by atoms with Gasteiger partial charge in [0.2, 0.25) is 0 Å². The van der Waals surface area contributed by atoms with E-state index in [-0.39, 0.29) is 16.4 Å². The summed E-state index contributed by atoms with van der Waals surface area (Å²) in [5, 5.41) is 9.33. The second-order valence-corrected chi connectivity index (χ2v) is 5.05. The number of hydrogen-bond acceptors (Lipinski definition) is 5. The molecule has 0 aliphatic heterocycles. The largest absolute Gasteiger partial charge is 0.493 e. The lowest BCUT2D eigenvalue weighted by Crippen LogP contribution is -2.03. The van der Waals surface area contributed by atoms with Crippen molar-refractivity contribution in [2.75, 3.05) is 7.11 Å². The van der Waals surface area contributed by atoms with Crippen LogP contribution in [0.2, 0.25) is 0 Å². The normalized spacial score (nSPS) is 11.1. The molecule has 8 heteroatoms. The van der Waals surface area contributed by atoms with Crippen molar-refractivity contribution >= 4 is 29.5 Å². The predicted molar refractivity (Wildman–Crippen MR) is 77.6 cm³/mol. The molecule has 2 aromatic rings. The number of benzene rings is 1. The molecule has 0 aliphatic rings. The Morgan fingerprint density at radius 3 is 2.73 bits per heavy atom. The maximum atomic E-state index is 12.2. The number of nitrogens with zero attached hydrogens (tertiary/aromatic N) is 1. The van der Waals surface area contributed by atoms with Gasteiger partial charge < -0.3 is 14.6 Å². The van der Waals surface area contributed by atoms with E-state index in [1.165, 1.54) is 25.4 Å². The number of aromatic carboxylic acids is 1. The fourth-order valence-electron chi connectivity index (χ4n) is 1.61. The van der Waals surface area contributed by atoms with Crippen LogP contribution in [0, 0.1) is 0 Å². The molecule has 2 rings (SSSR count). The molecule has 1 aromatic heterocycles. The fourth-order valence-corrected chi connectivity index (χ4v) is 2.27. The Morgan fingerprint density at radius 2 is 2.14 bits per heavy atom. The molecule has 0 radical (unpaired) electrons. The van der Waals surface area contributed by atoms with Crippen LogP contribution in [0.3, 0.4) is 0 Å². The van der Waals surface area contributed by atoms with Gasteiger partial charge in [-0.25, -0.2) is 9.78 Å². The van der Waals surface area contributed by atoms with Gasteiger partial charge in [-0.15, -0.1) is 11.3 Å². The molecular weight excluding hydrogens is 316 g/mol. The Bertz CT molecular complexity index is 700. The maximum absolute atomic E-state index is 12.2. The summed E-state index contributed by atoms with van der Waals surface area (Å²) in [7, 11) is 1.35.